The maximum atomic E-state index is 13.2. The van der Waals surface area contributed by atoms with E-state index in [4.69, 9.17) is 9.47 Å². The Morgan fingerprint density at radius 1 is 0.750 bits per heavy atom. The van der Waals surface area contributed by atoms with Crippen LogP contribution in [0.1, 0.15) is 78.6 Å². The highest BCUT2D eigenvalue weighted by Gasteiger charge is 2.58. The third kappa shape index (κ3) is 13.7. The molecule has 10 N–H and O–H groups in total. The third-order valence-electron chi connectivity index (χ3n) is 8.99. The molecule has 276 valence electrons. The standard InChI is InChI=1S/C35H58O13/c1-4-5-10-14-27(41)31-28(42)19-24(38)17-22(36)16-23(37)18-25(39)20-29(43)32(44)33(45)35(3)30(48-35)15-12-9-7-6-8-11-13-26(40)21(2)47-34(31)46/h6-9,11-13,15,21-33,36-45H,4-5,10,14,16-20H2,1-3H3/t21-,22+,23-,24+,25-,26+,27-,28+,29-,30-,31-,32+,33+,35+/m1/s1. The molecule has 0 unspecified atom stereocenters. The SMILES string of the molecule is CCCCC[C@@H](O)[C@H]1C(=O)O[C@H](C)[C@@H](O)C=CC=CC=CC=C[C@H]2O[C@]2(C)[C@@H](O)[C@@H](O)[C@H](O)C[C@H](O)C[C@H](O)C[C@H](O)C[C@H](O)C[C@@H]1O. The Morgan fingerprint density at radius 2 is 1.25 bits per heavy atom. The number of cyclic esters (lactones) is 1. The van der Waals surface area contributed by atoms with Crippen molar-refractivity contribution >= 4 is 5.97 Å². The molecule has 0 radical (unpaired) electrons. The fourth-order valence-corrected chi connectivity index (χ4v) is 5.87. The van der Waals surface area contributed by atoms with Gasteiger partial charge >= 0.3 is 5.97 Å². The van der Waals surface area contributed by atoms with Crippen LogP contribution in [-0.2, 0) is 14.3 Å². The van der Waals surface area contributed by atoms with Crippen molar-refractivity contribution in [2.24, 2.45) is 5.92 Å². The number of rotatable bonds is 5. The molecular weight excluding hydrogens is 628 g/mol. The number of epoxide rings is 1. The summed E-state index contributed by atoms with van der Waals surface area (Å²) in [5.41, 5.74) is -1.17. The van der Waals surface area contributed by atoms with Crippen LogP contribution >= 0.6 is 0 Å². The molecule has 0 aromatic rings. The van der Waals surface area contributed by atoms with E-state index in [9.17, 15) is 55.9 Å². The van der Waals surface area contributed by atoms with Gasteiger partial charge in [-0.2, -0.15) is 0 Å². The molecule has 2 aliphatic rings. The minimum Gasteiger partial charge on any atom is -0.459 e. The Kier molecular flexibility index (Phi) is 18.1. The minimum absolute atomic E-state index is 0.194. The van der Waals surface area contributed by atoms with Gasteiger partial charge in [-0.05, 0) is 39.5 Å². The predicted molar refractivity (Wildman–Crippen MR) is 176 cm³/mol. The Morgan fingerprint density at radius 3 is 1.81 bits per heavy atom. The summed E-state index contributed by atoms with van der Waals surface area (Å²) in [4.78, 5) is 13.2. The molecule has 2 rings (SSSR count). The van der Waals surface area contributed by atoms with Crippen LogP contribution in [-0.4, -0.2) is 136 Å². The van der Waals surface area contributed by atoms with Gasteiger partial charge in [-0.25, -0.2) is 0 Å². The second-order valence-corrected chi connectivity index (χ2v) is 13.3. The van der Waals surface area contributed by atoms with E-state index in [-0.39, 0.29) is 32.1 Å². The molecule has 13 heteroatoms. The summed E-state index contributed by atoms with van der Waals surface area (Å²) in [5.74, 6) is -2.38. The number of unbranched alkanes of at least 4 members (excludes halogenated alkanes) is 2. The van der Waals surface area contributed by atoms with E-state index < -0.39 is 97.2 Å². The quantitative estimate of drug-likeness (QED) is 0.105. The van der Waals surface area contributed by atoms with Crippen LogP contribution in [0.2, 0.25) is 0 Å². The molecule has 14 atom stereocenters. The molecule has 0 saturated carbocycles. The first-order valence-corrected chi connectivity index (χ1v) is 17.0. The summed E-state index contributed by atoms with van der Waals surface area (Å²) in [7, 11) is 0. The fourth-order valence-electron chi connectivity index (χ4n) is 5.87. The van der Waals surface area contributed by atoms with E-state index in [0.29, 0.717) is 6.42 Å². The molecule has 0 bridgehead atoms. The average Bonchev–Trinajstić information content (AvgIpc) is 3.66. The minimum atomic E-state index is -1.66. The Hall–Kier alpha value is -2.01. The van der Waals surface area contributed by atoms with Gasteiger partial charge in [0, 0.05) is 12.8 Å². The van der Waals surface area contributed by atoms with Gasteiger partial charge in [-0.3, -0.25) is 4.79 Å². The second-order valence-electron chi connectivity index (χ2n) is 13.3. The van der Waals surface area contributed by atoms with Crippen LogP contribution < -0.4 is 0 Å². The van der Waals surface area contributed by atoms with E-state index in [1.807, 2.05) is 6.92 Å². The molecule has 0 aromatic carbocycles. The molecule has 1 fully saturated rings. The van der Waals surface area contributed by atoms with Crippen molar-refractivity contribution < 1.29 is 65.3 Å². The number of fused-ring (bicyclic) bond motifs is 1. The summed E-state index contributed by atoms with van der Waals surface area (Å²) in [6.45, 7) is 5.01. The molecule has 0 aromatic heterocycles. The molecular formula is C35H58O13. The van der Waals surface area contributed by atoms with Gasteiger partial charge in [-0.1, -0.05) is 74.8 Å². The van der Waals surface area contributed by atoms with Gasteiger partial charge in [-0.15, -0.1) is 0 Å². The summed E-state index contributed by atoms with van der Waals surface area (Å²) >= 11 is 0. The predicted octanol–water partition coefficient (Wildman–Crippen LogP) is 0.0700. The molecule has 2 aliphatic heterocycles. The Balaban J connectivity index is 2.22. The van der Waals surface area contributed by atoms with Crippen molar-refractivity contribution in [2.75, 3.05) is 0 Å². The smallest absolute Gasteiger partial charge is 0.314 e. The van der Waals surface area contributed by atoms with Crippen LogP contribution in [0.5, 0.6) is 0 Å². The molecule has 48 heavy (non-hydrogen) atoms. The van der Waals surface area contributed by atoms with Crippen molar-refractivity contribution in [1.82, 2.24) is 0 Å². The van der Waals surface area contributed by atoms with Crippen molar-refractivity contribution in [3.05, 3.63) is 48.6 Å². The van der Waals surface area contributed by atoms with Crippen LogP contribution in [0.4, 0.5) is 0 Å². The number of carbonyl (C=O) groups excluding carboxylic acids is 1. The first-order chi connectivity index (χ1) is 22.6. The number of carbonyl (C=O) groups is 1. The summed E-state index contributed by atoms with van der Waals surface area (Å²) in [6, 6.07) is 0. The summed E-state index contributed by atoms with van der Waals surface area (Å²) in [5, 5.41) is 106. The average molecular weight is 687 g/mol. The van der Waals surface area contributed by atoms with Crippen molar-refractivity contribution in [3.63, 3.8) is 0 Å². The molecule has 0 aliphatic carbocycles. The first kappa shape index (κ1) is 42.2. The number of allylic oxidation sites excluding steroid dienone is 6. The third-order valence-corrected chi connectivity index (χ3v) is 8.99. The lowest BCUT2D eigenvalue weighted by Gasteiger charge is -2.30. The Bertz CT molecular complexity index is 1060. The van der Waals surface area contributed by atoms with Crippen molar-refractivity contribution in [2.45, 2.75) is 157 Å². The first-order valence-electron chi connectivity index (χ1n) is 17.0. The zero-order valence-electron chi connectivity index (χ0n) is 28.2. The van der Waals surface area contributed by atoms with E-state index >= 15 is 0 Å². The Labute approximate surface area is 283 Å². The van der Waals surface area contributed by atoms with Gasteiger partial charge in [0.15, 0.2) is 0 Å². The van der Waals surface area contributed by atoms with Crippen molar-refractivity contribution in [1.29, 1.82) is 0 Å². The van der Waals surface area contributed by atoms with E-state index in [0.717, 1.165) is 12.8 Å². The lowest BCUT2D eigenvalue weighted by atomic mass is 9.87. The number of hydrogen-bond acceptors (Lipinski definition) is 13. The molecule has 0 spiro atoms. The highest BCUT2D eigenvalue weighted by Crippen LogP contribution is 2.42. The number of aliphatic hydroxyl groups is 10. The number of esters is 1. The number of aliphatic hydroxyl groups excluding tert-OH is 10. The van der Waals surface area contributed by atoms with Gasteiger partial charge in [0.2, 0.25) is 0 Å². The topological polar surface area (TPSA) is 241 Å². The lowest BCUT2D eigenvalue weighted by Crippen LogP contribution is -2.47. The van der Waals surface area contributed by atoms with Crippen LogP contribution in [0.15, 0.2) is 48.6 Å². The van der Waals surface area contributed by atoms with Crippen LogP contribution in [0.3, 0.4) is 0 Å². The van der Waals surface area contributed by atoms with Gasteiger partial charge in [0.05, 0.1) is 42.7 Å². The molecule has 13 nitrogen and oxygen atoms in total. The molecule has 0 amide bonds. The highest BCUT2D eigenvalue weighted by molar-refractivity contribution is 5.74. The maximum absolute atomic E-state index is 13.2. The van der Waals surface area contributed by atoms with E-state index in [1.165, 1.54) is 13.0 Å². The zero-order valence-corrected chi connectivity index (χ0v) is 28.2. The van der Waals surface area contributed by atoms with Crippen LogP contribution in [0.25, 0.3) is 0 Å². The molecule has 2 heterocycles. The maximum Gasteiger partial charge on any atom is 0.314 e. The summed E-state index contributed by atoms with van der Waals surface area (Å²) in [6.07, 6.45) is -1.77. The van der Waals surface area contributed by atoms with Gasteiger partial charge < -0.3 is 60.5 Å². The van der Waals surface area contributed by atoms with Crippen LogP contribution in [0, 0.1) is 5.92 Å². The van der Waals surface area contributed by atoms with E-state index in [1.54, 1.807) is 49.5 Å². The van der Waals surface area contributed by atoms with Gasteiger partial charge in [0.25, 0.3) is 0 Å². The lowest BCUT2D eigenvalue weighted by molar-refractivity contribution is -0.168. The molecule has 1 saturated heterocycles. The fraction of sp³-hybridized carbons (Fsp3) is 0.743. The zero-order chi connectivity index (χ0) is 36.0. The van der Waals surface area contributed by atoms with Gasteiger partial charge in [0.1, 0.15) is 42.0 Å². The normalized spacial score (nSPS) is 40.7. The number of hydrogen-bond donors (Lipinski definition) is 10. The number of ether oxygens (including phenoxy) is 2. The monoisotopic (exact) mass is 686 g/mol. The second kappa shape index (κ2) is 20.6. The highest BCUT2D eigenvalue weighted by atomic mass is 16.6. The largest absolute Gasteiger partial charge is 0.459 e. The van der Waals surface area contributed by atoms with E-state index in [2.05, 4.69) is 0 Å². The summed E-state index contributed by atoms with van der Waals surface area (Å²) < 4.78 is 11.0. The van der Waals surface area contributed by atoms with Crippen molar-refractivity contribution in [3.8, 4) is 0 Å².